The van der Waals surface area contributed by atoms with Gasteiger partial charge in [-0.1, -0.05) is 20.8 Å². The molecular formula is C15H24N2O3S. The number of aryl methyl sites for hydroxylation is 1. The van der Waals surface area contributed by atoms with Crippen molar-refractivity contribution in [2.75, 3.05) is 0 Å². The van der Waals surface area contributed by atoms with Gasteiger partial charge in [0.25, 0.3) is 0 Å². The number of aromatic carboxylic acids is 1. The number of thiazole rings is 1. The van der Waals surface area contributed by atoms with Crippen LogP contribution in [-0.4, -0.2) is 22.0 Å². The van der Waals surface area contributed by atoms with Crippen molar-refractivity contribution in [3.63, 3.8) is 0 Å². The molecule has 0 saturated heterocycles. The first-order valence-corrected chi connectivity index (χ1v) is 7.92. The van der Waals surface area contributed by atoms with E-state index < -0.39 is 5.97 Å². The van der Waals surface area contributed by atoms with E-state index in [1.165, 1.54) is 0 Å². The van der Waals surface area contributed by atoms with Crippen molar-refractivity contribution >= 4 is 23.2 Å². The Labute approximate surface area is 129 Å². The lowest BCUT2D eigenvalue weighted by molar-refractivity contribution is -0.121. The minimum absolute atomic E-state index is 0.0171. The monoisotopic (exact) mass is 312 g/mol. The molecule has 1 aromatic heterocycles. The average Bonchev–Trinajstić information content (AvgIpc) is 2.69. The van der Waals surface area contributed by atoms with Gasteiger partial charge in [0.1, 0.15) is 9.88 Å². The highest BCUT2D eigenvalue weighted by molar-refractivity contribution is 7.13. The SMILES string of the molecule is Cc1nc(C(C)NC(=O)CCCC(C)(C)C)sc1C(=O)O. The van der Waals surface area contributed by atoms with Gasteiger partial charge in [0.15, 0.2) is 0 Å². The minimum atomic E-state index is -0.972. The fourth-order valence-electron chi connectivity index (χ4n) is 1.96. The molecule has 0 fully saturated rings. The van der Waals surface area contributed by atoms with Crippen LogP contribution in [0.5, 0.6) is 0 Å². The molecule has 0 aliphatic rings. The van der Waals surface area contributed by atoms with Gasteiger partial charge in [0.05, 0.1) is 11.7 Å². The zero-order chi connectivity index (χ0) is 16.2. The Morgan fingerprint density at radius 1 is 1.38 bits per heavy atom. The molecule has 21 heavy (non-hydrogen) atoms. The van der Waals surface area contributed by atoms with Crippen LogP contribution in [0.2, 0.25) is 0 Å². The Morgan fingerprint density at radius 2 is 2.00 bits per heavy atom. The third kappa shape index (κ3) is 5.83. The Hall–Kier alpha value is -1.43. The van der Waals surface area contributed by atoms with Crippen LogP contribution >= 0.6 is 11.3 Å². The molecule has 0 radical (unpaired) electrons. The van der Waals surface area contributed by atoms with Gasteiger partial charge in [0.2, 0.25) is 5.91 Å². The molecule has 0 bridgehead atoms. The fourth-order valence-corrected chi connectivity index (χ4v) is 2.86. The average molecular weight is 312 g/mol. The largest absolute Gasteiger partial charge is 0.477 e. The first-order chi connectivity index (χ1) is 9.60. The summed E-state index contributed by atoms with van der Waals surface area (Å²) < 4.78 is 0. The number of aromatic nitrogens is 1. The summed E-state index contributed by atoms with van der Waals surface area (Å²) in [5, 5.41) is 12.5. The molecule has 0 aromatic carbocycles. The molecule has 1 aromatic rings. The topological polar surface area (TPSA) is 79.3 Å². The number of carbonyl (C=O) groups excluding carboxylic acids is 1. The van der Waals surface area contributed by atoms with Crippen molar-refractivity contribution in [2.24, 2.45) is 5.41 Å². The van der Waals surface area contributed by atoms with E-state index in [9.17, 15) is 9.59 Å². The van der Waals surface area contributed by atoms with Crippen LogP contribution in [0.15, 0.2) is 0 Å². The van der Waals surface area contributed by atoms with E-state index in [1.807, 2.05) is 6.92 Å². The van der Waals surface area contributed by atoms with Crippen molar-refractivity contribution in [1.82, 2.24) is 10.3 Å². The molecule has 1 amide bonds. The van der Waals surface area contributed by atoms with Gasteiger partial charge in [0, 0.05) is 6.42 Å². The predicted molar refractivity (Wildman–Crippen MR) is 83.7 cm³/mol. The zero-order valence-corrected chi connectivity index (χ0v) is 14.1. The standard InChI is InChI=1S/C15H24N2O3S/c1-9-12(14(19)20)21-13(17-9)10(2)16-11(18)7-6-8-15(3,4)5/h10H,6-8H2,1-5H3,(H,16,18)(H,19,20). The highest BCUT2D eigenvalue weighted by atomic mass is 32.1. The summed E-state index contributed by atoms with van der Waals surface area (Å²) in [6.07, 6.45) is 2.32. The van der Waals surface area contributed by atoms with Crippen LogP contribution in [0.3, 0.4) is 0 Å². The van der Waals surface area contributed by atoms with E-state index in [2.05, 4.69) is 31.1 Å². The number of rotatable bonds is 6. The van der Waals surface area contributed by atoms with Crippen LogP contribution in [0.4, 0.5) is 0 Å². The van der Waals surface area contributed by atoms with Crippen molar-refractivity contribution in [1.29, 1.82) is 0 Å². The summed E-state index contributed by atoms with van der Waals surface area (Å²) in [6.45, 7) is 9.95. The second-order valence-corrected chi connectivity index (χ2v) is 7.51. The number of nitrogens with zero attached hydrogens (tertiary/aromatic N) is 1. The quantitative estimate of drug-likeness (QED) is 0.842. The number of nitrogens with one attached hydrogen (secondary N) is 1. The second-order valence-electron chi connectivity index (χ2n) is 6.48. The molecule has 0 spiro atoms. The van der Waals surface area contributed by atoms with Gasteiger partial charge < -0.3 is 10.4 Å². The van der Waals surface area contributed by atoms with Gasteiger partial charge in [-0.2, -0.15) is 0 Å². The second kappa shape index (κ2) is 7.02. The Balaban J connectivity index is 2.53. The van der Waals surface area contributed by atoms with Gasteiger partial charge >= 0.3 is 5.97 Å². The number of carboxylic acid groups (broad SMARTS) is 1. The highest BCUT2D eigenvalue weighted by Crippen LogP contribution is 2.24. The zero-order valence-electron chi connectivity index (χ0n) is 13.3. The van der Waals surface area contributed by atoms with Crippen LogP contribution in [0.25, 0.3) is 0 Å². The van der Waals surface area contributed by atoms with E-state index in [-0.39, 0.29) is 22.2 Å². The van der Waals surface area contributed by atoms with Crippen LogP contribution < -0.4 is 5.32 Å². The fraction of sp³-hybridized carbons (Fsp3) is 0.667. The van der Waals surface area contributed by atoms with Crippen LogP contribution in [-0.2, 0) is 4.79 Å². The Morgan fingerprint density at radius 3 is 2.48 bits per heavy atom. The van der Waals surface area contributed by atoms with Crippen molar-refractivity contribution in [3.8, 4) is 0 Å². The maximum Gasteiger partial charge on any atom is 0.347 e. The van der Waals surface area contributed by atoms with Gasteiger partial charge in [-0.25, -0.2) is 9.78 Å². The predicted octanol–water partition coefficient (Wildman–Crippen LogP) is 3.54. The molecule has 5 nitrogen and oxygen atoms in total. The number of carboxylic acids is 1. The number of hydrogen-bond acceptors (Lipinski definition) is 4. The molecule has 6 heteroatoms. The van der Waals surface area contributed by atoms with Crippen LogP contribution in [0, 0.1) is 12.3 Å². The maximum atomic E-state index is 11.9. The third-order valence-electron chi connectivity index (χ3n) is 3.09. The smallest absolute Gasteiger partial charge is 0.347 e. The summed E-state index contributed by atoms with van der Waals surface area (Å²) >= 11 is 1.12. The molecule has 1 unspecified atom stereocenters. The lowest BCUT2D eigenvalue weighted by Gasteiger charge is -2.18. The summed E-state index contributed by atoms with van der Waals surface area (Å²) in [5.41, 5.74) is 0.727. The number of amides is 1. The third-order valence-corrected chi connectivity index (χ3v) is 4.41. The van der Waals surface area contributed by atoms with E-state index >= 15 is 0 Å². The molecular weight excluding hydrogens is 288 g/mol. The lowest BCUT2D eigenvalue weighted by atomic mass is 9.90. The maximum absolute atomic E-state index is 11.9. The van der Waals surface area contributed by atoms with Gasteiger partial charge in [-0.15, -0.1) is 11.3 Å². The molecule has 2 N–H and O–H groups in total. The summed E-state index contributed by atoms with van der Waals surface area (Å²) in [7, 11) is 0. The summed E-state index contributed by atoms with van der Waals surface area (Å²) in [6, 6.07) is -0.260. The lowest BCUT2D eigenvalue weighted by Crippen LogP contribution is -2.26. The highest BCUT2D eigenvalue weighted by Gasteiger charge is 2.19. The molecule has 1 atom stereocenters. The Bertz CT molecular complexity index is 517. The van der Waals surface area contributed by atoms with Crippen molar-refractivity contribution in [3.05, 3.63) is 15.6 Å². The minimum Gasteiger partial charge on any atom is -0.477 e. The van der Waals surface area contributed by atoms with E-state index in [0.717, 1.165) is 24.2 Å². The van der Waals surface area contributed by atoms with E-state index in [4.69, 9.17) is 5.11 Å². The molecule has 1 rings (SSSR count). The molecule has 0 aliphatic carbocycles. The van der Waals surface area contributed by atoms with Gasteiger partial charge in [-0.05, 0) is 32.1 Å². The summed E-state index contributed by atoms with van der Waals surface area (Å²) in [4.78, 5) is 27.3. The van der Waals surface area contributed by atoms with Gasteiger partial charge in [-0.3, -0.25) is 4.79 Å². The summed E-state index contributed by atoms with van der Waals surface area (Å²) in [5.74, 6) is -0.989. The molecule has 0 aliphatic heterocycles. The van der Waals surface area contributed by atoms with Crippen molar-refractivity contribution < 1.29 is 14.7 Å². The normalized spacial score (nSPS) is 13.0. The first kappa shape index (κ1) is 17.6. The first-order valence-electron chi connectivity index (χ1n) is 7.10. The van der Waals surface area contributed by atoms with Crippen molar-refractivity contribution in [2.45, 2.75) is 59.9 Å². The van der Waals surface area contributed by atoms with Crippen LogP contribution in [0.1, 0.15) is 73.4 Å². The van der Waals surface area contributed by atoms with E-state index in [0.29, 0.717) is 17.1 Å². The molecule has 118 valence electrons. The molecule has 1 heterocycles. The number of carbonyl (C=O) groups is 2. The Kier molecular flexibility index (Phi) is 5.89. The molecule has 0 saturated carbocycles. The number of hydrogen-bond donors (Lipinski definition) is 2. The van der Waals surface area contributed by atoms with E-state index in [1.54, 1.807) is 6.92 Å².